The summed E-state index contributed by atoms with van der Waals surface area (Å²) >= 11 is 0. The van der Waals surface area contributed by atoms with Crippen molar-refractivity contribution in [2.45, 2.75) is 158 Å². The van der Waals surface area contributed by atoms with Crippen LogP contribution in [0.5, 0.6) is 5.75 Å². The summed E-state index contributed by atoms with van der Waals surface area (Å²) in [5, 5.41) is 42.2. The summed E-state index contributed by atoms with van der Waals surface area (Å²) in [4.78, 5) is 141. The van der Waals surface area contributed by atoms with E-state index in [-0.39, 0.29) is 108 Å². The van der Waals surface area contributed by atoms with Crippen molar-refractivity contribution >= 4 is 82.0 Å². The van der Waals surface area contributed by atoms with Crippen LogP contribution in [-0.4, -0.2) is 174 Å². The van der Waals surface area contributed by atoms with E-state index >= 15 is 0 Å². The Labute approximate surface area is 523 Å². The zero-order valence-electron chi connectivity index (χ0n) is 51.3. The number of hydrogen-bond acceptors (Lipinski definition) is 16. The number of amides is 8. The molecule has 3 aromatic rings. The van der Waals surface area contributed by atoms with E-state index in [1.807, 2.05) is 6.07 Å². The highest BCUT2D eigenvalue weighted by Crippen LogP contribution is 2.21. The molecule has 1 aromatic heterocycles. The quantitative estimate of drug-likeness (QED) is 0.0146. The van der Waals surface area contributed by atoms with E-state index in [2.05, 4.69) is 62.5 Å². The predicted molar refractivity (Wildman–Crippen MR) is 341 cm³/mol. The number of guanidine groups is 3. The van der Waals surface area contributed by atoms with E-state index in [4.69, 9.17) is 51.6 Å². The number of nitrogens with zero attached hydrogens (tertiary/aromatic N) is 3. The lowest BCUT2D eigenvalue weighted by molar-refractivity contribution is -0.142. The third-order valence-electron chi connectivity index (χ3n) is 14.6. The number of phenols is 1. The first-order valence-electron chi connectivity index (χ1n) is 30.1. The molecule has 3 rings (SSSR count). The van der Waals surface area contributed by atoms with Crippen LogP contribution in [0.4, 0.5) is 0 Å². The van der Waals surface area contributed by atoms with Crippen molar-refractivity contribution in [2.24, 2.45) is 72.5 Å². The Morgan fingerprint density at radius 3 is 1.49 bits per heavy atom. The zero-order chi connectivity index (χ0) is 66.7. The number of aromatic amines is 1. The van der Waals surface area contributed by atoms with Gasteiger partial charge >= 0.3 is 5.97 Å². The van der Waals surface area contributed by atoms with Crippen LogP contribution in [0.3, 0.4) is 0 Å². The second-order valence-electron chi connectivity index (χ2n) is 21.8. The van der Waals surface area contributed by atoms with Crippen LogP contribution in [0.15, 0.2) is 69.7 Å². The monoisotopic (exact) mass is 1260 g/mol. The fraction of sp³-hybridized carbons (Fsp3) is 0.552. The number of aromatic nitrogens is 1. The van der Waals surface area contributed by atoms with Gasteiger partial charge in [0, 0.05) is 49.6 Å². The van der Waals surface area contributed by atoms with Gasteiger partial charge in [-0.2, -0.15) is 0 Å². The standard InChI is InChI=1S/C58H95N21O11/c1-3-33(2)47(79-53(87)44(29-34-20-22-36(80)23-21-34)77-49(83)40(16-6-8-24-59)73-46(81)32-72-48(82)38(61)14-10-26-68-56(62)63)54(88)75-42(19-12-28-70-58(66)67)51(85)78-45(30-35-31-71-39-15-5-4-13-37(35)39)52(86)74-41(18-11-27-69-57(64)65)50(84)76-43(55(89)90)17-7-9-25-60/h4-5,13,15,20-23,31,33,38,40-45,47,71,80H,3,6-12,14,16-19,24-30,32,59-61H2,1-2H3,(H,72,82)(H,73,81)(H,74,86)(H,75,88)(H,76,84)(H,77,83)(H,78,85)(H,79,87)(H,89,90)(H4,62,63,68)(H4,64,65,69)(H4,66,67,70)/t33-,38-,40-,41-,42-,43-,44-,45-,47-/m0/s1. The summed E-state index contributed by atoms with van der Waals surface area (Å²) in [7, 11) is 0. The largest absolute Gasteiger partial charge is 0.508 e. The zero-order valence-corrected chi connectivity index (χ0v) is 51.3. The lowest BCUT2D eigenvalue weighted by atomic mass is 9.96. The van der Waals surface area contributed by atoms with Gasteiger partial charge in [-0.15, -0.1) is 0 Å². The smallest absolute Gasteiger partial charge is 0.326 e. The minimum Gasteiger partial charge on any atom is -0.508 e. The number of fused-ring (bicyclic) bond motifs is 1. The number of aromatic hydroxyl groups is 1. The number of para-hydroxylation sites is 1. The molecule has 2 aromatic carbocycles. The number of nitrogens with one attached hydrogen (secondary N) is 9. The van der Waals surface area contributed by atoms with Crippen molar-refractivity contribution in [3.05, 3.63) is 65.9 Å². The molecule has 9 atom stereocenters. The maximum atomic E-state index is 14.9. The molecule has 29 N–H and O–H groups in total. The second kappa shape index (κ2) is 40.3. The summed E-state index contributed by atoms with van der Waals surface area (Å²) < 4.78 is 0. The number of carboxylic acids is 1. The van der Waals surface area contributed by atoms with Crippen LogP contribution in [0, 0.1) is 5.92 Å². The lowest BCUT2D eigenvalue weighted by Crippen LogP contribution is -2.61. The van der Waals surface area contributed by atoms with Crippen LogP contribution >= 0.6 is 0 Å². The summed E-state index contributed by atoms with van der Waals surface area (Å²) in [6.07, 6.45) is 4.09. The SMILES string of the molecule is CC[C@H](C)[C@H](NC(=O)[C@H](Cc1ccc(O)cc1)NC(=O)[C@H](CCCCN)NC(=O)CNC(=O)[C@@H](N)CCCN=C(N)N)C(=O)N[C@@H](CCCN=C(N)N)C(=O)N[C@@H](Cc1c[nH]c2ccccc12)C(=O)N[C@@H](CCCN=C(N)N)C(=O)N[C@@H](CCCCN)C(=O)O. The number of nitrogens with two attached hydrogens (primary N) is 9. The van der Waals surface area contributed by atoms with E-state index in [0.29, 0.717) is 67.1 Å². The van der Waals surface area contributed by atoms with Crippen LogP contribution in [-0.2, 0) is 56.0 Å². The van der Waals surface area contributed by atoms with E-state index in [1.165, 1.54) is 24.3 Å². The molecule has 0 saturated carbocycles. The van der Waals surface area contributed by atoms with Gasteiger partial charge in [0.1, 0.15) is 48.0 Å². The molecule has 498 valence electrons. The number of hydrogen-bond donors (Lipinski definition) is 20. The van der Waals surface area contributed by atoms with Crippen molar-refractivity contribution in [2.75, 3.05) is 39.3 Å². The van der Waals surface area contributed by atoms with Crippen LogP contribution in [0.25, 0.3) is 10.9 Å². The number of benzene rings is 2. The molecule has 32 nitrogen and oxygen atoms in total. The van der Waals surface area contributed by atoms with Crippen molar-refractivity contribution < 1.29 is 53.4 Å². The van der Waals surface area contributed by atoms with E-state index < -0.39 is 114 Å². The number of aliphatic imine (C=N–C) groups is 3. The van der Waals surface area contributed by atoms with Gasteiger partial charge in [0.25, 0.3) is 0 Å². The number of rotatable bonds is 43. The molecule has 8 amide bonds. The number of H-pyrrole nitrogens is 1. The molecule has 1 heterocycles. The van der Waals surface area contributed by atoms with E-state index in [9.17, 15) is 53.4 Å². The van der Waals surface area contributed by atoms with Gasteiger partial charge in [-0.25, -0.2) is 4.79 Å². The van der Waals surface area contributed by atoms with Gasteiger partial charge in [0.15, 0.2) is 17.9 Å². The average molecular weight is 1260 g/mol. The van der Waals surface area contributed by atoms with Crippen LogP contribution < -0.4 is 94.1 Å². The van der Waals surface area contributed by atoms with E-state index in [0.717, 1.165) is 0 Å². The molecule has 0 aliphatic carbocycles. The van der Waals surface area contributed by atoms with Crippen LogP contribution in [0.1, 0.15) is 108 Å². The Bertz CT molecular complexity index is 2890. The maximum Gasteiger partial charge on any atom is 0.326 e. The van der Waals surface area contributed by atoms with Crippen molar-refractivity contribution in [3.63, 3.8) is 0 Å². The molecule has 0 aliphatic rings. The Morgan fingerprint density at radius 2 is 0.967 bits per heavy atom. The van der Waals surface area contributed by atoms with Gasteiger partial charge in [-0.3, -0.25) is 53.3 Å². The number of phenolic OH excluding ortho intramolecular Hbond substituents is 1. The number of carbonyl (C=O) groups is 9. The third-order valence-corrected chi connectivity index (χ3v) is 14.6. The van der Waals surface area contributed by atoms with Gasteiger partial charge in [-0.05, 0) is 125 Å². The first-order chi connectivity index (χ1) is 42.9. The van der Waals surface area contributed by atoms with Gasteiger partial charge in [0.2, 0.25) is 47.3 Å². The first-order valence-corrected chi connectivity index (χ1v) is 30.1. The Kier molecular flexibility index (Phi) is 33.5. The second-order valence-corrected chi connectivity index (χ2v) is 21.8. The minimum absolute atomic E-state index is 0.00483. The summed E-state index contributed by atoms with van der Waals surface area (Å²) in [5.74, 6) is -9.03. The highest BCUT2D eigenvalue weighted by atomic mass is 16.4. The van der Waals surface area contributed by atoms with Crippen molar-refractivity contribution in [1.29, 1.82) is 0 Å². The van der Waals surface area contributed by atoms with Gasteiger partial charge < -0.3 is 109 Å². The summed E-state index contributed by atoms with van der Waals surface area (Å²) in [6, 6.07) is 2.33. The maximum absolute atomic E-state index is 14.9. The molecule has 0 radical (unpaired) electrons. The summed E-state index contributed by atoms with van der Waals surface area (Å²) in [5.41, 5.74) is 52.2. The highest BCUT2D eigenvalue weighted by molar-refractivity contribution is 5.98. The minimum atomic E-state index is -1.46. The van der Waals surface area contributed by atoms with Crippen molar-refractivity contribution in [3.8, 4) is 5.75 Å². The lowest BCUT2D eigenvalue weighted by Gasteiger charge is -2.30. The highest BCUT2D eigenvalue weighted by Gasteiger charge is 2.36. The van der Waals surface area contributed by atoms with Crippen LogP contribution in [0.2, 0.25) is 0 Å². The first kappa shape index (κ1) is 75.0. The molecule has 0 unspecified atom stereocenters. The van der Waals surface area contributed by atoms with Gasteiger partial charge in [0.05, 0.1) is 12.6 Å². The van der Waals surface area contributed by atoms with Gasteiger partial charge in [-0.1, -0.05) is 50.6 Å². The molecular weight excluding hydrogens is 1170 g/mol. The number of carbonyl (C=O) groups excluding carboxylic acids is 8. The molecule has 0 spiro atoms. The topological polar surface area (TPSA) is 577 Å². The number of carboxylic acid groups (broad SMARTS) is 1. The predicted octanol–water partition coefficient (Wildman–Crippen LogP) is -3.95. The molecular formula is C58H95N21O11. The molecule has 90 heavy (non-hydrogen) atoms. The Balaban J connectivity index is 2.03. The van der Waals surface area contributed by atoms with E-state index in [1.54, 1.807) is 38.2 Å². The molecule has 0 fully saturated rings. The average Bonchev–Trinajstić information content (AvgIpc) is 2.02. The molecule has 0 saturated heterocycles. The summed E-state index contributed by atoms with van der Waals surface area (Å²) in [6.45, 7) is 3.74. The molecule has 32 heteroatoms. The Hall–Kier alpha value is -9.30. The number of unbranched alkanes of at least 4 members (excludes halogenated alkanes) is 2. The number of aliphatic carboxylic acids is 1. The molecule has 0 bridgehead atoms. The Morgan fingerprint density at radius 1 is 0.522 bits per heavy atom. The molecule has 0 aliphatic heterocycles. The fourth-order valence-electron chi connectivity index (χ4n) is 9.36. The fourth-order valence-corrected chi connectivity index (χ4v) is 9.36. The normalized spacial score (nSPS) is 14.0. The third kappa shape index (κ3) is 27.8. The van der Waals surface area contributed by atoms with Crippen molar-refractivity contribution in [1.82, 2.24) is 47.5 Å².